The lowest BCUT2D eigenvalue weighted by Crippen LogP contribution is -2.17. The standard InChI is InChI=1S/C21H18FN3O3/c1-2-28-18-9-7-17(8-10-18)25-21(27)19-13-14(11-12-23-19)20(26)24-16-5-3-15(22)4-6-16/h3-13H,2H2,1H3,(H,24,26)(H,25,27). The van der Waals surface area contributed by atoms with Crippen LogP contribution >= 0.6 is 0 Å². The van der Waals surface area contributed by atoms with Crippen molar-refractivity contribution in [2.24, 2.45) is 0 Å². The number of nitrogens with one attached hydrogen (secondary N) is 2. The van der Waals surface area contributed by atoms with Gasteiger partial charge in [-0.25, -0.2) is 4.39 Å². The summed E-state index contributed by atoms with van der Waals surface area (Å²) < 4.78 is 18.3. The Kier molecular flexibility index (Phi) is 5.96. The molecule has 28 heavy (non-hydrogen) atoms. The van der Waals surface area contributed by atoms with E-state index in [0.29, 0.717) is 23.7 Å². The highest BCUT2D eigenvalue weighted by atomic mass is 19.1. The fourth-order valence-electron chi connectivity index (χ4n) is 2.43. The van der Waals surface area contributed by atoms with Crippen molar-refractivity contribution in [1.82, 2.24) is 4.98 Å². The van der Waals surface area contributed by atoms with Gasteiger partial charge in [-0.1, -0.05) is 0 Å². The summed E-state index contributed by atoms with van der Waals surface area (Å²) in [7, 11) is 0. The van der Waals surface area contributed by atoms with Crippen LogP contribution in [0.1, 0.15) is 27.8 Å². The molecule has 3 aromatic rings. The van der Waals surface area contributed by atoms with Crippen molar-refractivity contribution in [2.75, 3.05) is 17.2 Å². The zero-order chi connectivity index (χ0) is 19.9. The van der Waals surface area contributed by atoms with E-state index in [1.165, 1.54) is 42.6 Å². The summed E-state index contributed by atoms with van der Waals surface area (Å²) in [5.74, 6) is -0.557. The molecule has 1 heterocycles. The van der Waals surface area contributed by atoms with Crippen molar-refractivity contribution in [3.63, 3.8) is 0 Å². The van der Waals surface area contributed by atoms with Gasteiger partial charge in [-0.05, 0) is 67.6 Å². The highest BCUT2D eigenvalue weighted by Crippen LogP contribution is 2.17. The van der Waals surface area contributed by atoms with E-state index in [4.69, 9.17) is 4.74 Å². The normalized spacial score (nSPS) is 10.2. The SMILES string of the molecule is CCOc1ccc(NC(=O)c2cc(C(=O)Nc3ccc(F)cc3)ccn2)cc1. The van der Waals surface area contributed by atoms with Crippen molar-refractivity contribution in [3.05, 3.63) is 83.9 Å². The number of halogens is 1. The van der Waals surface area contributed by atoms with Crippen LogP contribution in [0.25, 0.3) is 0 Å². The molecule has 0 fully saturated rings. The Balaban J connectivity index is 1.68. The van der Waals surface area contributed by atoms with Crippen LogP contribution < -0.4 is 15.4 Å². The molecule has 6 nitrogen and oxygen atoms in total. The molecule has 2 aromatic carbocycles. The second-order valence-electron chi connectivity index (χ2n) is 5.80. The lowest BCUT2D eigenvalue weighted by molar-refractivity contribution is 0.102. The number of hydrogen-bond donors (Lipinski definition) is 2. The molecule has 2 amide bonds. The number of carbonyl (C=O) groups excluding carboxylic acids is 2. The number of amides is 2. The van der Waals surface area contributed by atoms with Crippen LogP contribution in [0.4, 0.5) is 15.8 Å². The maximum absolute atomic E-state index is 13.0. The number of pyridine rings is 1. The van der Waals surface area contributed by atoms with Crippen LogP contribution in [0.5, 0.6) is 5.75 Å². The minimum absolute atomic E-state index is 0.0978. The number of hydrogen-bond acceptors (Lipinski definition) is 4. The predicted octanol–water partition coefficient (Wildman–Crippen LogP) is 4.12. The zero-order valence-corrected chi connectivity index (χ0v) is 15.1. The lowest BCUT2D eigenvalue weighted by atomic mass is 10.2. The number of nitrogens with zero attached hydrogens (tertiary/aromatic N) is 1. The van der Waals surface area contributed by atoms with E-state index < -0.39 is 17.6 Å². The zero-order valence-electron chi connectivity index (χ0n) is 15.1. The first kappa shape index (κ1) is 19.0. The third kappa shape index (κ3) is 4.91. The average Bonchev–Trinajstić information content (AvgIpc) is 2.71. The summed E-state index contributed by atoms with van der Waals surface area (Å²) in [4.78, 5) is 28.8. The molecule has 0 aliphatic carbocycles. The molecule has 0 saturated heterocycles. The molecule has 0 spiro atoms. The summed E-state index contributed by atoms with van der Waals surface area (Å²) in [5, 5.41) is 5.36. The molecule has 0 radical (unpaired) electrons. The van der Waals surface area contributed by atoms with E-state index in [2.05, 4.69) is 15.6 Å². The Labute approximate surface area is 161 Å². The van der Waals surface area contributed by atoms with Crippen molar-refractivity contribution < 1.29 is 18.7 Å². The van der Waals surface area contributed by atoms with E-state index in [0.717, 1.165) is 0 Å². The molecule has 0 unspecified atom stereocenters. The Morgan fingerprint density at radius 1 is 0.929 bits per heavy atom. The van der Waals surface area contributed by atoms with Gasteiger partial charge in [-0.15, -0.1) is 0 Å². The summed E-state index contributed by atoms with van der Waals surface area (Å²) >= 11 is 0. The highest BCUT2D eigenvalue weighted by Gasteiger charge is 2.12. The molecule has 0 saturated carbocycles. The molecule has 7 heteroatoms. The van der Waals surface area contributed by atoms with Gasteiger partial charge in [-0.3, -0.25) is 14.6 Å². The molecule has 3 rings (SSSR count). The van der Waals surface area contributed by atoms with Gasteiger partial charge in [0, 0.05) is 23.1 Å². The maximum atomic E-state index is 13.0. The molecule has 1 aromatic heterocycles. The molecule has 0 atom stereocenters. The quantitative estimate of drug-likeness (QED) is 0.675. The van der Waals surface area contributed by atoms with Crippen molar-refractivity contribution in [1.29, 1.82) is 0 Å². The van der Waals surface area contributed by atoms with Gasteiger partial charge in [0.05, 0.1) is 6.61 Å². The fraction of sp³-hybridized carbons (Fsp3) is 0.0952. The summed E-state index contributed by atoms with van der Waals surface area (Å²) in [5.41, 5.74) is 1.39. The number of rotatable bonds is 6. The van der Waals surface area contributed by atoms with Crippen LogP contribution in [0.2, 0.25) is 0 Å². The van der Waals surface area contributed by atoms with Crippen LogP contribution in [-0.4, -0.2) is 23.4 Å². The van der Waals surface area contributed by atoms with Crippen molar-refractivity contribution >= 4 is 23.2 Å². The Morgan fingerprint density at radius 2 is 1.54 bits per heavy atom. The minimum atomic E-state index is -0.444. The van der Waals surface area contributed by atoms with Crippen LogP contribution in [0.3, 0.4) is 0 Å². The second kappa shape index (κ2) is 8.77. The minimum Gasteiger partial charge on any atom is -0.494 e. The molecule has 2 N–H and O–H groups in total. The third-order valence-corrected chi connectivity index (χ3v) is 3.78. The van der Waals surface area contributed by atoms with Crippen LogP contribution in [-0.2, 0) is 0 Å². The predicted molar refractivity (Wildman–Crippen MR) is 104 cm³/mol. The molecule has 142 valence electrons. The highest BCUT2D eigenvalue weighted by molar-refractivity contribution is 6.07. The Bertz CT molecular complexity index is 973. The number of anilines is 2. The first-order valence-corrected chi connectivity index (χ1v) is 8.62. The summed E-state index contributed by atoms with van der Waals surface area (Å²) in [6.45, 7) is 2.45. The van der Waals surface area contributed by atoms with Gasteiger partial charge in [0.25, 0.3) is 11.8 Å². The molecule has 0 aliphatic rings. The van der Waals surface area contributed by atoms with E-state index in [-0.39, 0.29) is 11.3 Å². The van der Waals surface area contributed by atoms with Gasteiger partial charge in [0.15, 0.2) is 0 Å². The second-order valence-corrected chi connectivity index (χ2v) is 5.80. The molecular weight excluding hydrogens is 361 g/mol. The molecule has 0 bridgehead atoms. The first-order chi connectivity index (χ1) is 13.5. The molecular formula is C21H18FN3O3. The van der Waals surface area contributed by atoms with Crippen LogP contribution in [0, 0.1) is 5.82 Å². The lowest BCUT2D eigenvalue weighted by Gasteiger charge is -2.08. The fourth-order valence-corrected chi connectivity index (χ4v) is 2.43. The molecule has 0 aliphatic heterocycles. The third-order valence-electron chi connectivity index (χ3n) is 3.78. The number of aromatic nitrogens is 1. The average molecular weight is 379 g/mol. The van der Waals surface area contributed by atoms with Crippen LogP contribution in [0.15, 0.2) is 66.9 Å². The van der Waals surface area contributed by atoms with Crippen molar-refractivity contribution in [2.45, 2.75) is 6.92 Å². The Hall–Kier alpha value is -3.74. The number of ether oxygens (including phenoxy) is 1. The monoisotopic (exact) mass is 379 g/mol. The van der Waals surface area contributed by atoms with Crippen molar-refractivity contribution in [3.8, 4) is 5.75 Å². The van der Waals surface area contributed by atoms with E-state index in [1.807, 2.05) is 6.92 Å². The maximum Gasteiger partial charge on any atom is 0.274 e. The smallest absolute Gasteiger partial charge is 0.274 e. The topological polar surface area (TPSA) is 80.3 Å². The van der Waals surface area contributed by atoms with Gasteiger partial charge >= 0.3 is 0 Å². The van der Waals surface area contributed by atoms with E-state index >= 15 is 0 Å². The largest absolute Gasteiger partial charge is 0.494 e. The summed E-state index contributed by atoms with van der Waals surface area (Å²) in [6, 6.07) is 15.2. The first-order valence-electron chi connectivity index (χ1n) is 8.62. The van der Waals surface area contributed by atoms with Gasteiger partial charge in [0.1, 0.15) is 17.3 Å². The van der Waals surface area contributed by atoms with E-state index in [9.17, 15) is 14.0 Å². The van der Waals surface area contributed by atoms with Gasteiger partial charge in [0.2, 0.25) is 0 Å². The van der Waals surface area contributed by atoms with E-state index in [1.54, 1.807) is 24.3 Å². The summed E-state index contributed by atoms with van der Waals surface area (Å²) in [6.07, 6.45) is 1.38. The van der Waals surface area contributed by atoms with Gasteiger partial charge < -0.3 is 15.4 Å². The Morgan fingerprint density at radius 3 is 2.18 bits per heavy atom. The van der Waals surface area contributed by atoms with Gasteiger partial charge in [-0.2, -0.15) is 0 Å². The number of benzene rings is 2. The number of carbonyl (C=O) groups is 2.